The Labute approximate surface area is 187 Å². The minimum Gasteiger partial charge on any atom is -0.495 e. The van der Waals surface area contributed by atoms with E-state index in [1.807, 2.05) is 30.3 Å². The number of benzene rings is 3. The molecule has 0 aliphatic heterocycles. The summed E-state index contributed by atoms with van der Waals surface area (Å²) in [4.78, 5) is 12.5. The fourth-order valence-corrected chi connectivity index (χ4v) is 3.67. The Morgan fingerprint density at radius 1 is 0.906 bits per heavy atom. The largest absolute Gasteiger partial charge is 0.495 e. The Balaban J connectivity index is 1.67. The van der Waals surface area contributed by atoms with Gasteiger partial charge in [0, 0.05) is 20.2 Å². The highest BCUT2D eigenvalue weighted by Gasteiger charge is 2.20. The van der Waals surface area contributed by atoms with Gasteiger partial charge in [-0.2, -0.15) is 0 Å². The third-order valence-corrected chi connectivity index (χ3v) is 6.19. The van der Waals surface area contributed by atoms with E-state index in [9.17, 15) is 13.2 Å². The highest BCUT2D eigenvalue weighted by molar-refractivity contribution is 7.89. The minimum atomic E-state index is -3.66. The topological polar surface area (TPSA) is 94.2 Å². The van der Waals surface area contributed by atoms with Gasteiger partial charge in [-0.1, -0.05) is 24.3 Å². The number of hydrogen-bond acceptors (Lipinski definition) is 6. The first-order chi connectivity index (χ1) is 15.3. The zero-order valence-electron chi connectivity index (χ0n) is 17.9. The standard InChI is InChI=1S/C23H24N2O6S/c1-25(2)32(27,28)20-12-13-22(29-3)21(15-20)24-23(26)16-30-18-10-7-11-19(14-18)31-17-8-5-4-6-9-17/h4-15H,16H2,1-3H3,(H,24,26). The van der Waals surface area contributed by atoms with Gasteiger partial charge in [0.05, 0.1) is 17.7 Å². The maximum atomic E-state index is 12.4. The van der Waals surface area contributed by atoms with Crippen LogP contribution >= 0.6 is 0 Å². The monoisotopic (exact) mass is 456 g/mol. The molecule has 0 spiro atoms. The summed E-state index contributed by atoms with van der Waals surface area (Å²) in [6, 6.07) is 20.5. The molecule has 3 rings (SSSR count). The molecule has 0 radical (unpaired) electrons. The number of hydrogen-bond donors (Lipinski definition) is 1. The second kappa shape index (κ2) is 10.2. The summed E-state index contributed by atoms with van der Waals surface area (Å²) < 4.78 is 42.4. The third kappa shape index (κ3) is 5.77. The van der Waals surface area contributed by atoms with Crippen molar-refractivity contribution in [2.75, 3.05) is 33.1 Å². The SMILES string of the molecule is COc1ccc(S(=O)(=O)N(C)C)cc1NC(=O)COc1cccc(Oc2ccccc2)c1. The molecule has 0 fully saturated rings. The molecule has 0 aliphatic carbocycles. The van der Waals surface area contributed by atoms with E-state index in [2.05, 4.69) is 5.32 Å². The number of sulfonamides is 1. The van der Waals surface area contributed by atoms with Crippen molar-refractivity contribution in [3.8, 4) is 23.0 Å². The molecule has 0 unspecified atom stereocenters. The number of carbonyl (C=O) groups excluding carboxylic acids is 1. The van der Waals surface area contributed by atoms with Crippen LogP contribution in [0.2, 0.25) is 0 Å². The predicted molar refractivity (Wildman–Crippen MR) is 121 cm³/mol. The lowest BCUT2D eigenvalue weighted by Gasteiger charge is -2.15. The van der Waals surface area contributed by atoms with Crippen LogP contribution in [-0.2, 0) is 14.8 Å². The lowest BCUT2D eigenvalue weighted by Crippen LogP contribution is -2.23. The first-order valence-corrected chi connectivity index (χ1v) is 11.1. The molecule has 0 atom stereocenters. The van der Waals surface area contributed by atoms with Gasteiger partial charge in [0.2, 0.25) is 10.0 Å². The van der Waals surface area contributed by atoms with Crippen LogP contribution in [-0.4, -0.2) is 46.4 Å². The van der Waals surface area contributed by atoms with E-state index >= 15 is 0 Å². The van der Waals surface area contributed by atoms with Crippen molar-refractivity contribution in [3.05, 3.63) is 72.8 Å². The van der Waals surface area contributed by atoms with Gasteiger partial charge in [0.1, 0.15) is 23.0 Å². The molecule has 3 aromatic carbocycles. The van der Waals surface area contributed by atoms with Gasteiger partial charge in [0.25, 0.3) is 5.91 Å². The molecule has 0 saturated carbocycles. The van der Waals surface area contributed by atoms with Crippen molar-refractivity contribution in [1.29, 1.82) is 0 Å². The Kier molecular flexibility index (Phi) is 7.34. The molecular formula is C23H24N2O6S. The van der Waals surface area contributed by atoms with Gasteiger partial charge < -0.3 is 19.5 Å². The molecule has 0 aromatic heterocycles. The minimum absolute atomic E-state index is 0.0327. The molecule has 168 valence electrons. The highest BCUT2D eigenvalue weighted by Crippen LogP contribution is 2.29. The van der Waals surface area contributed by atoms with E-state index in [0.717, 1.165) is 4.31 Å². The first kappa shape index (κ1) is 23.1. The van der Waals surface area contributed by atoms with Gasteiger partial charge >= 0.3 is 0 Å². The molecule has 0 bridgehead atoms. The van der Waals surface area contributed by atoms with Gasteiger partial charge in [0.15, 0.2) is 6.61 Å². The number of ether oxygens (including phenoxy) is 3. The summed E-state index contributed by atoms with van der Waals surface area (Å²) in [6.45, 7) is -0.289. The summed E-state index contributed by atoms with van der Waals surface area (Å²) in [5.74, 6) is 1.55. The number of para-hydroxylation sites is 1. The fourth-order valence-electron chi connectivity index (χ4n) is 2.74. The number of rotatable bonds is 9. The quantitative estimate of drug-likeness (QED) is 0.527. The predicted octanol–water partition coefficient (Wildman–Crippen LogP) is 3.76. The summed E-state index contributed by atoms with van der Waals surface area (Å²) in [6.07, 6.45) is 0. The average Bonchev–Trinajstić information content (AvgIpc) is 2.78. The average molecular weight is 457 g/mol. The first-order valence-electron chi connectivity index (χ1n) is 9.66. The second-order valence-electron chi connectivity index (χ2n) is 6.88. The fraction of sp³-hybridized carbons (Fsp3) is 0.174. The molecule has 32 heavy (non-hydrogen) atoms. The van der Waals surface area contributed by atoms with E-state index in [0.29, 0.717) is 23.0 Å². The Morgan fingerprint density at radius 2 is 1.59 bits per heavy atom. The van der Waals surface area contributed by atoms with Crippen molar-refractivity contribution >= 4 is 21.6 Å². The van der Waals surface area contributed by atoms with Crippen LogP contribution in [0.15, 0.2) is 77.7 Å². The Hall–Kier alpha value is -3.56. The summed E-state index contributed by atoms with van der Waals surface area (Å²) >= 11 is 0. The summed E-state index contributed by atoms with van der Waals surface area (Å²) in [7, 11) is 0.629. The van der Waals surface area contributed by atoms with Crippen molar-refractivity contribution < 1.29 is 27.4 Å². The summed E-state index contributed by atoms with van der Waals surface area (Å²) in [5, 5.41) is 2.63. The lowest BCUT2D eigenvalue weighted by molar-refractivity contribution is -0.118. The Bertz CT molecular complexity index is 1180. The van der Waals surface area contributed by atoms with Crippen LogP contribution in [0.25, 0.3) is 0 Å². The molecule has 3 aromatic rings. The maximum Gasteiger partial charge on any atom is 0.262 e. The van der Waals surface area contributed by atoms with Crippen LogP contribution in [0.4, 0.5) is 5.69 Å². The molecule has 1 N–H and O–H groups in total. The number of carbonyl (C=O) groups is 1. The van der Waals surface area contributed by atoms with Crippen LogP contribution in [0, 0.1) is 0 Å². The second-order valence-corrected chi connectivity index (χ2v) is 9.03. The molecule has 1 amide bonds. The van der Waals surface area contributed by atoms with Crippen molar-refractivity contribution in [2.45, 2.75) is 4.90 Å². The molecule has 0 heterocycles. The van der Waals surface area contributed by atoms with E-state index in [4.69, 9.17) is 14.2 Å². The molecule has 0 saturated heterocycles. The van der Waals surface area contributed by atoms with Crippen molar-refractivity contribution in [3.63, 3.8) is 0 Å². The molecular weight excluding hydrogens is 432 g/mol. The van der Waals surface area contributed by atoms with Crippen LogP contribution in [0.3, 0.4) is 0 Å². The maximum absolute atomic E-state index is 12.4. The number of amides is 1. The van der Waals surface area contributed by atoms with Crippen molar-refractivity contribution in [2.24, 2.45) is 0 Å². The van der Waals surface area contributed by atoms with E-state index < -0.39 is 15.9 Å². The van der Waals surface area contributed by atoms with Crippen LogP contribution < -0.4 is 19.5 Å². The number of nitrogens with one attached hydrogen (secondary N) is 1. The van der Waals surface area contributed by atoms with Crippen LogP contribution in [0.1, 0.15) is 0 Å². The smallest absolute Gasteiger partial charge is 0.262 e. The summed E-state index contributed by atoms with van der Waals surface area (Å²) in [5.41, 5.74) is 0.227. The zero-order valence-corrected chi connectivity index (χ0v) is 18.8. The van der Waals surface area contributed by atoms with Gasteiger partial charge in [-0.3, -0.25) is 4.79 Å². The number of nitrogens with zero attached hydrogens (tertiary/aromatic N) is 1. The van der Waals surface area contributed by atoms with E-state index in [1.54, 1.807) is 24.3 Å². The van der Waals surface area contributed by atoms with Gasteiger partial charge in [-0.05, 0) is 42.5 Å². The lowest BCUT2D eigenvalue weighted by atomic mass is 10.3. The Morgan fingerprint density at radius 3 is 2.28 bits per heavy atom. The van der Waals surface area contributed by atoms with Crippen molar-refractivity contribution in [1.82, 2.24) is 4.31 Å². The highest BCUT2D eigenvalue weighted by atomic mass is 32.2. The normalized spacial score (nSPS) is 11.1. The zero-order chi connectivity index (χ0) is 23.1. The van der Waals surface area contributed by atoms with Gasteiger partial charge in [-0.15, -0.1) is 0 Å². The van der Waals surface area contributed by atoms with E-state index in [-0.39, 0.29) is 17.2 Å². The van der Waals surface area contributed by atoms with Gasteiger partial charge in [-0.25, -0.2) is 12.7 Å². The molecule has 8 nitrogen and oxygen atoms in total. The number of methoxy groups -OCH3 is 1. The molecule has 0 aliphatic rings. The third-order valence-electron chi connectivity index (χ3n) is 4.38. The van der Waals surface area contributed by atoms with E-state index in [1.165, 1.54) is 39.4 Å². The number of anilines is 1. The molecule has 9 heteroatoms. The van der Waals surface area contributed by atoms with Crippen LogP contribution in [0.5, 0.6) is 23.0 Å².